The molecule has 0 saturated carbocycles. The number of nitrogens with two attached hydrogens (primary N) is 1. The summed E-state index contributed by atoms with van der Waals surface area (Å²) in [5.41, 5.74) is 7.27. The van der Waals surface area contributed by atoms with Crippen molar-refractivity contribution < 1.29 is 18.7 Å². The molecule has 1 atom stereocenters. The van der Waals surface area contributed by atoms with E-state index < -0.39 is 5.97 Å². The van der Waals surface area contributed by atoms with Gasteiger partial charge < -0.3 is 20.2 Å². The third-order valence-electron chi connectivity index (χ3n) is 3.47. The van der Waals surface area contributed by atoms with E-state index in [0.29, 0.717) is 17.1 Å². The van der Waals surface area contributed by atoms with Gasteiger partial charge in [0.25, 0.3) is 0 Å². The smallest absolute Gasteiger partial charge is 0.341 e. The van der Waals surface area contributed by atoms with E-state index in [1.165, 1.54) is 7.11 Å². The normalized spacial score (nSPS) is 11.3. The minimum Gasteiger partial charge on any atom is -0.465 e. The number of nitrogens with one attached hydrogen (secondary N) is 1. The number of furan rings is 1. The van der Waals surface area contributed by atoms with Crippen molar-refractivity contribution >= 4 is 24.3 Å². The Hall–Kier alpha value is -2.31. The fourth-order valence-corrected chi connectivity index (χ4v) is 2.22. The highest BCUT2D eigenvalue weighted by Gasteiger charge is 2.16. The van der Waals surface area contributed by atoms with Crippen LogP contribution in [0.4, 0.5) is 0 Å². The molecule has 1 aromatic heterocycles. The van der Waals surface area contributed by atoms with Crippen molar-refractivity contribution in [3.63, 3.8) is 0 Å². The fourth-order valence-electron chi connectivity index (χ4n) is 2.22. The fraction of sp³-hybridized carbons (Fsp3) is 0.294. The van der Waals surface area contributed by atoms with Gasteiger partial charge in [0.2, 0.25) is 5.91 Å². The minimum absolute atomic E-state index is 0. The molecule has 0 spiro atoms. The van der Waals surface area contributed by atoms with Gasteiger partial charge in [-0.25, -0.2) is 4.79 Å². The van der Waals surface area contributed by atoms with E-state index in [9.17, 15) is 9.59 Å². The van der Waals surface area contributed by atoms with Crippen molar-refractivity contribution in [3.8, 4) is 0 Å². The molecule has 0 aliphatic rings. The number of benzene rings is 1. The highest BCUT2D eigenvalue weighted by Crippen LogP contribution is 2.16. The number of amides is 1. The maximum atomic E-state index is 12.0. The quantitative estimate of drug-likeness (QED) is 0.779. The summed E-state index contributed by atoms with van der Waals surface area (Å²) >= 11 is 0. The van der Waals surface area contributed by atoms with Crippen molar-refractivity contribution in [1.82, 2.24) is 5.32 Å². The first-order valence-electron chi connectivity index (χ1n) is 7.26. The molecule has 0 radical (unpaired) electrons. The van der Waals surface area contributed by atoms with Crippen LogP contribution in [0.3, 0.4) is 0 Å². The van der Waals surface area contributed by atoms with Gasteiger partial charge in [-0.1, -0.05) is 30.3 Å². The van der Waals surface area contributed by atoms with E-state index in [0.717, 1.165) is 5.56 Å². The first kappa shape index (κ1) is 19.7. The summed E-state index contributed by atoms with van der Waals surface area (Å²) in [6, 6.07) is 10.6. The number of halogens is 1. The molecule has 3 N–H and O–H groups in total. The molecule has 0 saturated heterocycles. The summed E-state index contributed by atoms with van der Waals surface area (Å²) in [7, 11) is 1.31. The van der Waals surface area contributed by atoms with Gasteiger partial charge in [-0.3, -0.25) is 4.79 Å². The van der Waals surface area contributed by atoms with Crippen LogP contribution in [0, 0.1) is 6.92 Å². The van der Waals surface area contributed by atoms with Crippen LogP contribution in [-0.2, 0) is 16.1 Å². The number of ether oxygens (including phenoxy) is 1. The second kappa shape index (κ2) is 9.10. The number of hydrogen-bond acceptors (Lipinski definition) is 5. The summed E-state index contributed by atoms with van der Waals surface area (Å²) in [6.45, 7) is 1.86. The minimum atomic E-state index is -0.463. The monoisotopic (exact) mass is 352 g/mol. The Morgan fingerprint density at radius 1 is 1.29 bits per heavy atom. The highest BCUT2D eigenvalue weighted by molar-refractivity contribution is 5.90. The van der Waals surface area contributed by atoms with Crippen LogP contribution in [0.15, 0.2) is 40.8 Å². The summed E-state index contributed by atoms with van der Waals surface area (Å²) in [6.07, 6.45) is 0.174. The number of rotatable bonds is 6. The Morgan fingerprint density at radius 2 is 1.96 bits per heavy atom. The summed E-state index contributed by atoms with van der Waals surface area (Å²) in [5.74, 6) is 0.302. The van der Waals surface area contributed by atoms with Crippen molar-refractivity contribution in [2.45, 2.75) is 25.9 Å². The molecule has 0 bridgehead atoms. The predicted octanol–water partition coefficient (Wildman–Crippen LogP) is 2.50. The van der Waals surface area contributed by atoms with E-state index in [4.69, 9.17) is 10.2 Å². The van der Waals surface area contributed by atoms with E-state index in [1.54, 1.807) is 13.0 Å². The molecule has 1 aromatic carbocycles. The number of aryl methyl sites for hydroxylation is 1. The molecule has 0 aliphatic carbocycles. The molecule has 24 heavy (non-hydrogen) atoms. The van der Waals surface area contributed by atoms with E-state index in [1.807, 2.05) is 30.3 Å². The molecule has 7 heteroatoms. The van der Waals surface area contributed by atoms with E-state index in [2.05, 4.69) is 10.1 Å². The van der Waals surface area contributed by atoms with Gasteiger partial charge in [-0.2, -0.15) is 0 Å². The van der Waals surface area contributed by atoms with Crippen molar-refractivity contribution in [2.24, 2.45) is 5.73 Å². The van der Waals surface area contributed by atoms with Gasteiger partial charge >= 0.3 is 5.97 Å². The van der Waals surface area contributed by atoms with Crippen LogP contribution in [0.1, 0.15) is 39.9 Å². The van der Waals surface area contributed by atoms with Gasteiger partial charge in [0.15, 0.2) is 0 Å². The Labute approximate surface area is 146 Å². The Balaban J connectivity index is 0.00000288. The van der Waals surface area contributed by atoms with Crippen molar-refractivity contribution in [2.75, 3.05) is 7.11 Å². The zero-order valence-corrected chi connectivity index (χ0v) is 14.4. The molecule has 130 valence electrons. The topological polar surface area (TPSA) is 94.6 Å². The molecular formula is C17H21ClN2O4. The zero-order chi connectivity index (χ0) is 16.8. The zero-order valence-electron chi connectivity index (χ0n) is 13.6. The first-order valence-corrected chi connectivity index (χ1v) is 7.26. The third kappa shape index (κ3) is 5.11. The van der Waals surface area contributed by atoms with Gasteiger partial charge in [0, 0.05) is 12.5 Å². The van der Waals surface area contributed by atoms with Crippen LogP contribution in [0.25, 0.3) is 0 Å². The molecule has 1 amide bonds. The summed E-state index contributed by atoms with van der Waals surface area (Å²) in [4.78, 5) is 23.5. The van der Waals surface area contributed by atoms with Gasteiger partial charge in [0.05, 0.1) is 13.7 Å². The maximum absolute atomic E-state index is 12.0. The van der Waals surface area contributed by atoms with E-state index in [-0.39, 0.29) is 37.3 Å². The van der Waals surface area contributed by atoms with E-state index >= 15 is 0 Å². The van der Waals surface area contributed by atoms with Gasteiger partial charge in [-0.15, -0.1) is 12.4 Å². The lowest BCUT2D eigenvalue weighted by Gasteiger charge is -2.11. The SMILES string of the molecule is COC(=O)c1cc(CNC(=O)CC(N)c2ccccc2)oc1C.Cl. The van der Waals surface area contributed by atoms with Crippen LogP contribution < -0.4 is 11.1 Å². The molecule has 1 heterocycles. The number of esters is 1. The molecule has 0 aliphatic heterocycles. The Kier molecular flexibility index (Phi) is 7.48. The second-order valence-corrected chi connectivity index (χ2v) is 5.17. The van der Waals surface area contributed by atoms with Crippen molar-refractivity contribution in [3.05, 3.63) is 59.0 Å². The lowest BCUT2D eigenvalue weighted by molar-refractivity contribution is -0.121. The van der Waals surface area contributed by atoms with Crippen LogP contribution >= 0.6 is 12.4 Å². The number of carbonyl (C=O) groups excluding carboxylic acids is 2. The Morgan fingerprint density at radius 3 is 2.58 bits per heavy atom. The van der Waals surface area contributed by atoms with Crippen LogP contribution in [0.2, 0.25) is 0 Å². The van der Waals surface area contributed by atoms with Crippen molar-refractivity contribution in [1.29, 1.82) is 0 Å². The Bertz CT molecular complexity index is 685. The standard InChI is InChI=1S/C17H20N2O4.ClH/c1-11-14(17(21)22-2)8-13(23-11)10-19-16(20)9-15(18)12-6-4-3-5-7-12;/h3-8,15H,9-10,18H2,1-2H3,(H,19,20);1H. The van der Waals surface area contributed by atoms with Gasteiger partial charge in [0.1, 0.15) is 17.1 Å². The summed E-state index contributed by atoms with van der Waals surface area (Å²) < 4.78 is 10.1. The molecule has 0 fully saturated rings. The lowest BCUT2D eigenvalue weighted by atomic mass is 10.0. The van der Waals surface area contributed by atoms with Crippen LogP contribution in [0.5, 0.6) is 0 Å². The average Bonchev–Trinajstić information content (AvgIpc) is 2.94. The molecule has 6 nitrogen and oxygen atoms in total. The maximum Gasteiger partial charge on any atom is 0.341 e. The lowest BCUT2D eigenvalue weighted by Crippen LogP contribution is -2.27. The summed E-state index contributed by atoms with van der Waals surface area (Å²) in [5, 5.41) is 2.73. The second-order valence-electron chi connectivity index (χ2n) is 5.17. The highest BCUT2D eigenvalue weighted by atomic mass is 35.5. The van der Waals surface area contributed by atoms with Gasteiger partial charge in [-0.05, 0) is 18.6 Å². The largest absolute Gasteiger partial charge is 0.465 e. The van der Waals surface area contributed by atoms with Crippen LogP contribution in [-0.4, -0.2) is 19.0 Å². The molecule has 1 unspecified atom stereocenters. The number of hydrogen-bond donors (Lipinski definition) is 2. The third-order valence-corrected chi connectivity index (χ3v) is 3.47. The predicted molar refractivity (Wildman–Crippen MR) is 91.9 cm³/mol. The molecule has 2 rings (SSSR count). The average molecular weight is 353 g/mol. The first-order chi connectivity index (χ1) is 11.0. The molecular weight excluding hydrogens is 332 g/mol. The number of methoxy groups -OCH3 is 1. The number of carbonyl (C=O) groups is 2. The molecule has 2 aromatic rings.